The Morgan fingerprint density at radius 2 is 1.67 bits per heavy atom. The number of allylic oxidation sites excluding steroid dienone is 4. The van der Waals surface area contributed by atoms with Crippen molar-refractivity contribution < 1.29 is 0 Å². The average molecular weight is 282 g/mol. The standard InChI is InChI=1S/C21H30/c1-3-4-5-6-7-8-9-19-12-16-21(17-13-19)20-14-10-18(2)11-15-20/h10-12,14-17,19H,3-9,13H2,1-2H3. The number of benzene rings is 1. The van der Waals surface area contributed by atoms with Gasteiger partial charge in [-0.15, -0.1) is 0 Å². The lowest BCUT2D eigenvalue weighted by atomic mass is 9.89. The molecule has 0 N–H and O–H groups in total. The third kappa shape index (κ3) is 5.53. The maximum atomic E-state index is 2.43. The van der Waals surface area contributed by atoms with Gasteiger partial charge < -0.3 is 0 Å². The number of hydrogen-bond donors (Lipinski definition) is 0. The lowest BCUT2D eigenvalue weighted by molar-refractivity contribution is 0.520. The molecule has 0 heterocycles. The zero-order valence-electron chi connectivity index (χ0n) is 13.8. The molecule has 0 radical (unpaired) electrons. The highest BCUT2D eigenvalue weighted by Gasteiger charge is 2.09. The van der Waals surface area contributed by atoms with Crippen molar-refractivity contribution in [3.05, 3.63) is 53.6 Å². The molecule has 1 aromatic rings. The first-order valence-corrected chi connectivity index (χ1v) is 8.75. The number of unbranched alkanes of at least 4 members (excludes halogenated alkanes) is 5. The largest absolute Gasteiger partial charge is 0.0805 e. The molecule has 0 aliphatic heterocycles. The molecule has 0 amide bonds. The van der Waals surface area contributed by atoms with Crippen LogP contribution in [0.3, 0.4) is 0 Å². The average Bonchev–Trinajstić information content (AvgIpc) is 2.52. The highest BCUT2D eigenvalue weighted by molar-refractivity contribution is 5.74. The third-order valence-electron chi connectivity index (χ3n) is 4.50. The summed E-state index contributed by atoms with van der Waals surface area (Å²) in [7, 11) is 0. The molecular weight excluding hydrogens is 252 g/mol. The van der Waals surface area contributed by atoms with Crippen LogP contribution in [0.4, 0.5) is 0 Å². The van der Waals surface area contributed by atoms with Crippen molar-refractivity contribution >= 4 is 5.57 Å². The monoisotopic (exact) mass is 282 g/mol. The third-order valence-corrected chi connectivity index (χ3v) is 4.50. The normalized spacial score (nSPS) is 17.8. The molecule has 21 heavy (non-hydrogen) atoms. The molecule has 0 heteroatoms. The number of aryl methyl sites for hydroxylation is 1. The fourth-order valence-electron chi connectivity index (χ4n) is 3.03. The van der Waals surface area contributed by atoms with E-state index in [0.717, 1.165) is 5.92 Å². The summed E-state index contributed by atoms with van der Waals surface area (Å²) in [5.74, 6) is 0.769. The predicted molar refractivity (Wildman–Crippen MR) is 94.4 cm³/mol. The first-order chi connectivity index (χ1) is 10.3. The maximum Gasteiger partial charge on any atom is -0.0187 e. The van der Waals surface area contributed by atoms with Crippen LogP contribution in [0.5, 0.6) is 0 Å². The molecule has 0 saturated heterocycles. The van der Waals surface area contributed by atoms with Crippen LogP contribution in [-0.2, 0) is 0 Å². The molecule has 1 aliphatic carbocycles. The first-order valence-electron chi connectivity index (χ1n) is 8.75. The maximum absolute atomic E-state index is 2.43. The molecule has 1 atom stereocenters. The van der Waals surface area contributed by atoms with E-state index in [1.165, 1.54) is 68.1 Å². The second kappa shape index (κ2) is 8.87. The molecule has 0 bridgehead atoms. The van der Waals surface area contributed by atoms with E-state index in [0.29, 0.717) is 0 Å². The van der Waals surface area contributed by atoms with Crippen molar-refractivity contribution in [3.8, 4) is 0 Å². The van der Waals surface area contributed by atoms with E-state index in [1.807, 2.05) is 0 Å². The molecular formula is C21H30. The van der Waals surface area contributed by atoms with Gasteiger partial charge in [0.25, 0.3) is 0 Å². The van der Waals surface area contributed by atoms with E-state index in [4.69, 9.17) is 0 Å². The molecule has 0 fully saturated rings. The summed E-state index contributed by atoms with van der Waals surface area (Å²) in [6.45, 7) is 4.43. The minimum Gasteiger partial charge on any atom is -0.0805 e. The predicted octanol–water partition coefficient (Wildman–Crippen LogP) is 6.71. The van der Waals surface area contributed by atoms with E-state index < -0.39 is 0 Å². The molecule has 0 aromatic heterocycles. The molecule has 1 aromatic carbocycles. The zero-order valence-corrected chi connectivity index (χ0v) is 13.8. The van der Waals surface area contributed by atoms with Gasteiger partial charge in [-0.25, -0.2) is 0 Å². The SMILES string of the molecule is CCCCCCCCC1C=CC(c2ccc(C)cc2)=CC1. The van der Waals surface area contributed by atoms with Gasteiger partial charge in [0.15, 0.2) is 0 Å². The van der Waals surface area contributed by atoms with Crippen molar-refractivity contribution in [2.45, 2.75) is 65.2 Å². The molecule has 0 spiro atoms. The van der Waals surface area contributed by atoms with Gasteiger partial charge in [-0.2, -0.15) is 0 Å². The van der Waals surface area contributed by atoms with Crippen LogP contribution in [0.1, 0.15) is 69.4 Å². The van der Waals surface area contributed by atoms with Gasteiger partial charge in [-0.05, 0) is 36.8 Å². The molecule has 1 aliphatic rings. The van der Waals surface area contributed by atoms with Crippen LogP contribution in [0.15, 0.2) is 42.5 Å². The van der Waals surface area contributed by atoms with Crippen molar-refractivity contribution in [3.63, 3.8) is 0 Å². The van der Waals surface area contributed by atoms with Gasteiger partial charge in [0.1, 0.15) is 0 Å². The molecule has 0 nitrogen and oxygen atoms in total. The summed E-state index contributed by atoms with van der Waals surface area (Å²) in [5, 5.41) is 0. The number of rotatable bonds is 8. The van der Waals surface area contributed by atoms with Crippen molar-refractivity contribution in [2.75, 3.05) is 0 Å². The van der Waals surface area contributed by atoms with E-state index in [-0.39, 0.29) is 0 Å². The van der Waals surface area contributed by atoms with Crippen molar-refractivity contribution in [2.24, 2.45) is 5.92 Å². The van der Waals surface area contributed by atoms with E-state index in [2.05, 4.69) is 56.3 Å². The Hall–Kier alpha value is -1.30. The highest BCUT2D eigenvalue weighted by atomic mass is 14.1. The summed E-state index contributed by atoms with van der Waals surface area (Å²) in [4.78, 5) is 0. The van der Waals surface area contributed by atoms with Crippen LogP contribution in [0.25, 0.3) is 5.57 Å². The summed E-state index contributed by atoms with van der Waals surface area (Å²) in [6.07, 6.45) is 18.2. The fourth-order valence-corrected chi connectivity index (χ4v) is 3.03. The zero-order chi connectivity index (χ0) is 14.9. The lowest BCUT2D eigenvalue weighted by Crippen LogP contribution is -2.00. The minimum atomic E-state index is 0.769. The van der Waals surface area contributed by atoms with Gasteiger partial charge in [0.05, 0.1) is 0 Å². The van der Waals surface area contributed by atoms with Crippen LogP contribution >= 0.6 is 0 Å². The van der Waals surface area contributed by atoms with Crippen molar-refractivity contribution in [1.29, 1.82) is 0 Å². The van der Waals surface area contributed by atoms with Crippen molar-refractivity contribution in [1.82, 2.24) is 0 Å². The topological polar surface area (TPSA) is 0 Å². The highest BCUT2D eigenvalue weighted by Crippen LogP contribution is 2.27. The van der Waals surface area contributed by atoms with Gasteiger partial charge >= 0.3 is 0 Å². The lowest BCUT2D eigenvalue weighted by Gasteiger charge is -2.16. The summed E-state index contributed by atoms with van der Waals surface area (Å²) >= 11 is 0. The molecule has 114 valence electrons. The Morgan fingerprint density at radius 3 is 2.33 bits per heavy atom. The van der Waals surface area contributed by atoms with Gasteiger partial charge in [-0.3, -0.25) is 0 Å². The Labute approximate surface area is 131 Å². The Morgan fingerprint density at radius 1 is 0.952 bits per heavy atom. The van der Waals surface area contributed by atoms with E-state index in [1.54, 1.807) is 0 Å². The van der Waals surface area contributed by atoms with Gasteiger partial charge in [0, 0.05) is 0 Å². The Bertz CT molecular complexity index is 461. The fraction of sp³-hybridized carbons (Fsp3) is 0.524. The first kappa shape index (κ1) is 16.1. The summed E-state index contributed by atoms with van der Waals surface area (Å²) in [6, 6.07) is 8.87. The molecule has 2 rings (SSSR count). The van der Waals surface area contributed by atoms with Crippen LogP contribution < -0.4 is 0 Å². The Kier molecular flexibility index (Phi) is 6.79. The molecule has 1 unspecified atom stereocenters. The Balaban J connectivity index is 1.70. The smallest absolute Gasteiger partial charge is 0.0187 e. The molecule has 0 saturated carbocycles. The van der Waals surface area contributed by atoms with E-state index >= 15 is 0 Å². The second-order valence-electron chi connectivity index (χ2n) is 6.44. The van der Waals surface area contributed by atoms with E-state index in [9.17, 15) is 0 Å². The number of hydrogen-bond acceptors (Lipinski definition) is 0. The second-order valence-corrected chi connectivity index (χ2v) is 6.44. The van der Waals surface area contributed by atoms with Gasteiger partial charge in [0.2, 0.25) is 0 Å². The quantitative estimate of drug-likeness (QED) is 0.465. The minimum absolute atomic E-state index is 0.769. The van der Waals surface area contributed by atoms with Gasteiger partial charge in [-0.1, -0.05) is 93.5 Å². The van der Waals surface area contributed by atoms with Crippen LogP contribution in [-0.4, -0.2) is 0 Å². The summed E-state index contributed by atoms with van der Waals surface area (Å²) < 4.78 is 0. The van der Waals surface area contributed by atoms with Crippen LogP contribution in [0.2, 0.25) is 0 Å². The summed E-state index contributed by atoms with van der Waals surface area (Å²) in [5.41, 5.74) is 4.09. The van der Waals surface area contributed by atoms with Crippen LogP contribution in [0, 0.1) is 12.8 Å².